The second-order valence-electron chi connectivity index (χ2n) is 28.3. The largest absolute Gasteiger partial charge is 2.00 e. The molecule has 0 rings (SSSR count). The molecule has 0 aromatic carbocycles. The van der Waals surface area contributed by atoms with E-state index >= 15 is 0 Å². The van der Waals surface area contributed by atoms with Gasteiger partial charge in [0.1, 0.15) is 11.3 Å². The van der Waals surface area contributed by atoms with Gasteiger partial charge in [0.15, 0.2) is 0 Å². The maximum atomic E-state index is 12.6. The number of carboxylic acid groups (broad SMARTS) is 2. The summed E-state index contributed by atoms with van der Waals surface area (Å²) >= 11 is 0. The van der Waals surface area contributed by atoms with Crippen molar-refractivity contribution in [1.29, 1.82) is 0 Å². The summed E-state index contributed by atoms with van der Waals surface area (Å²) in [4.78, 5) is 23.7. The fourth-order valence-corrected chi connectivity index (χ4v) is 18.2. The number of nitrogens with one attached hydrogen (secondary N) is 4. The zero-order valence-electron chi connectivity index (χ0n) is 62.5. The third kappa shape index (κ3) is 68.4. The number of sulfonamides is 4. The molecule has 0 aromatic heterocycles. The van der Waals surface area contributed by atoms with Gasteiger partial charge in [-0.3, -0.25) is 0 Å². The number of carbonyl (C=O) groups is 2. The molecule has 95 heavy (non-hydrogen) atoms. The quantitative estimate of drug-likeness (QED) is 0.0252. The number of aliphatic carboxylic acids is 2. The smallest absolute Gasteiger partial charge is 0.547 e. The predicted octanol–water partition coefficient (Wildman–Crippen LogP) is 17.7. The number of hydrogen-bond donors (Lipinski definition) is 4. The van der Waals surface area contributed by atoms with Gasteiger partial charge in [-0.05, 0) is 39.5 Å². The topological polar surface area (TPSA) is 265 Å². The predicted molar refractivity (Wildman–Crippen MR) is 400 cm³/mol. The Morgan fingerprint density at radius 3 is 0.411 bits per heavy atom. The van der Waals surface area contributed by atoms with E-state index in [4.69, 9.17) is 0 Å². The molecule has 4 N–H and O–H groups in total. The molecule has 0 aliphatic carbocycles. The normalized spacial score (nSPS) is 12.4. The molecular formula is C74H150BaN4O12S4. The van der Waals surface area contributed by atoms with Gasteiger partial charge in [0.2, 0.25) is 40.1 Å². The molecule has 0 unspecified atom stereocenters. The fourth-order valence-electron chi connectivity index (χ4n) is 12.3. The van der Waals surface area contributed by atoms with Crippen LogP contribution in [0.4, 0.5) is 0 Å². The molecule has 0 spiro atoms. The maximum absolute atomic E-state index is 12.6. The molecule has 0 saturated heterocycles. The molecule has 0 aliphatic rings. The van der Waals surface area contributed by atoms with Crippen LogP contribution in [0.15, 0.2) is 0 Å². The van der Waals surface area contributed by atoms with Gasteiger partial charge >= 0.3 is 48.9 Å². The minimum absolute atomic E-state index is 0. The molecule has 0 bridgehead atoms. The van der Waals surface area contributed by atoms with E-state index in [-0.39, 0.29) is 71.9 Å². The van der Waals surface area contributed by atoms with E-state index in [0.29, 0.717) is 25.7 Å². The van der Waals surface area contributed by atoms with Gasteiger partial charge in [0, 0.05) is 0 Å². The number of unbranched alkanes of at least 4 members (excludes halogenated alkanes) is 56. The van der Waals surface area contributed by atoms with E-state index in [9.17, 15) is 53.5 Å². The van der Waals surface area contributed by atoms with Crippen molar-refractivity contribution in [1.82, 2.24) is 18.9 Å². The molecule has 0 atom stereocenters. The number of hydrogen-bond acceptors (Lipinski definition) is 12. The Labute approximate surface area is 628 Å². The van der Waals surface area contributed by atoms with Gasteiger partial charge < -0.3 is 19.8 Å². The summed E-state index contributed by atoms with van der Waals surface area (Å²) in [5, 5.41) is 23.7. The Hall–Kier alpha value is 0.151. The first-order chi connectivity index (χ1) is 45.0. The summed E-state index contributed by atoms with van der Waals surface area (Å²) in [6.07, 6.45) is 69.5. The van der Waals surface area contributed by atoms with Gasteiger partial charge in [0.25, 0.3) is 0 Å². The van der Waals surface area contributed by atoms with Gasteiger partial charge in [-0.25, -0.2) is 33.7 Å². The molecule has 0 aromatic rings. The van der Waals surface area contributed by atoms with Crippen LogP contribution in [0.2, 0.25) is 0 Å². The van der Waals surface area contributed by atoms with Gasteiger partial charge in [-0.2, -0.15) is 18.9 Å². The van der Waals surface area contributed by atoms with Gasteiger partial charge in [-0.15, -0.1) is 0 Å². The molecule has 0 radical (unpaired) electrons. The zero-order valence-corrected chi connectivity index (χ0v) is 70.2. The van der Waals surface area contributed by atoms with Crippen LogP contribution in [-0.4, -0.2) is 129 Å². The first kappa shape index (κ1) is 99.3. The number of carbonyl (C=O) groups excluding carboxylic acids is 2. The fraction of sp³-hybridized carbons (Fsp3) is 0.973. The molecular weight excluding hydrogens is 1400 g/mol. The van der Waals surface area contributed by atoms with Crippen molar-refractivity contribution in [3.63, 3.8) is 0 Å². The van der Waals surface area contributed by atoms with Crippen molar-refractivity contribution >= 4 is 101 Å². The minimum atomic E-state index is -4.02. The van der Waals surface area contributed by atoms with Crippen molar-refractivity contribution in [2.24, 2.45) is 0 Å². The second kappa shape index (κ2) is 67.3. The summed E-state index contributed by atoms with van der Waals surface area (Å²) in [6.45, 7) is 11.0. The summed E-state index contributed by atoms with van der Waals surface area (Å²) in [5.74, 6) is -4.66. The molecule has 0 saturated carbocycles. The van der Waals surface area contributed by atoms with Crippen molar-refractivity contribution in [3.8, 4) is 0 Å². The average Bonchev–Trinajstić information content (AvgIpc) is 0.934. The summed E-state index contributed by atoms with van der Waals surface area (Å²) in [7, 11) is -16.1. The zero-order chi connectivity index (χ0) is 70.2. The van der Waals surface area contributed by atoms with E-state index in [1.807, 2.05) is 18.9 Å². The van der Waals surface area contributed by atoms with Crippen molar-refractivity contribution in [3.05, 3.63) is 0 Å². The van der Waals surface area contributed by atoms with E-state index in [0.717, 1.165) is 117 Å². The van der Waals surface area contributed by atoms with Crippen LogP contribution in [0.5, 0.6) is 0 Å². The van der Waals surface area contributed by atoms with Crippen molar-refractivity contribution in [2.75, 3.05) is 23.0 Å². The first-order valence-corrected chi connectivity index (χ1v) is 46.1. The van der Waals surface area contributed by atoms with Gasteiger partial charge in [-0.1, -0.05) is 387 Å². The first-order valence-electron chi connectivity index (χ1n) is 39.4. The van der Waals surface area contributed by atoms with Crippen molar-refractivity contribution < 1.29 is 53.5 Å². The van der Waals surface area contributed by atoms with E-state index in [1.165, 1.54) is 257 Å². The third-order valence-corrected chi connectivity index (χ3v) is 24.5. The summed E-state index contributed by atoms with van der Waals surface area (Å²) < 4.78 is 109. The number of carboxylic acids is 2. The minimum Gasteiger partial charge on any atom is -0.547 e. The van der Waals surface area contributed by atoms with E-state index < -0.39 is 63.4 Å². The SMILES string of the molecule is CCCCCCCCCCCCCCCCCS(=O)(=O)NC(C)(NS(=O)(=O)CCCCCCCCCCCCCCCCC)C(=O)[O-].CCCCCCCCCCCCCCCCCS(=O)(=O)NC(C)(NS(=O)(=O)CCCCCCCCCCCCCCCCC)C(=O)[O-].[Ba+2]. The summed E-state index contributed by atoms with van der Waals surface area (Å²) in [6, 6.07) is 0. The van der Waals surface area contributed by atoms with Crippen LogP contribution in [0.25, 0.3) is 0 Å². The van der Waals surface area contributed by atoms with Crippen LogP contribution < -0.4 is 29.1 Å². The van der Waals surface area contributed by atoms with Crippen LogP contribution >= 0.6 is 0 Å². The Morgan fingerprint density at radius 2 is 0.316 bits per heavy atom. The van der Waals surface area contributed by atoms with Crippen molar-refractivity contribution in [2.45, 2.75) is 438 Å². The van der Waals surface area contributed by atoms with E-state index in [1.54, 1.807) is 0 Å². The molecule has 21 heteroatoms. The number of rotatable bonds is 74. The molecule has 0 amide bonds. The molecule has 0 aliphatic heterocycles. The van der Waals surface area contributed by atoms with E-state index in [2.05, 4.69) is 27.7 Å². The summed E-state index contributed by atoms with van der Waals surface area (Å²) in [5.41, 5.74) is -4.86. The molecule has 564 valence electrons. The van der Waals surface area contributed by atoms with Crippen LogP contribution in [0.1, 0.15) is 427 Å². The standard InChI is InChI=1S/2C37H76N2O6S2.Ba/c2*1-4-6-8-10-12-14-16-18-20-22-24-26-28-30-32-34-46(42,43)38-37(3,36(40)41)39-47(44,45)35-33-31-29-27-25-23-21-19-17-15-13-11-9-7-5-2;/h2*38-39H,4-35H2,1-3H3,(H,40,41);/q;;+2/p-2. The molecule has 0 heterocycles. The average molecular weight is 1550 g/mol. The molecule has 0 fully saturated rings. The Morgan fingerprint density at radius 1 is 0.221 bits per heavy atom. The van der Waals surface area contributed by atoms with Crippen LogP contribution in [0, 0.1) is 0 Å². The Balaban J connectivity index is -0.00000176. The van der Waals surface area contributed by atoms with Gasteiger partial charge in [0.05, 0.1) is 35.0 Å². The van der Waals surface area contributed by atoms with Crippen LogP contribution in [-0.2, 0) is 49.7 Å². The third-order valence-electron chi connectivity index (χ3n) is 18.3. The monoisotopic (exact) mass is 1550 g/mol. The maximum Gasteiger partial charge on any atom is 2.00 e. The Kier molecular flexibility index (Phi) is 70.4. The Bertz CT molecular complexity index is 1910. The van der Waals surface area contributed by atoms with Crippen LogP contribution in [0.3, 0.4) is 0 Å². The molecule has 16 nitrogen and oxygen atoms in total. The second-order valence-corrected chi connectivity index (χ2v) is 35.7.